The van der Waals surface area contributed by atoms with E-state index in [2.05, 4.69) is 15.3 Å². The predicted molar refractivity (Wildman–Crippen MR) is 53.4 cm³/mol. The van der Waals surface area contributed by atoms with Crippen LogP contribution in [0.3, 0.4) is 0 Å². The lowest BCUT2D eigenvalue weighted by molar-refractivity contribution is -0.118. The van der Waals surface area contributed by atoms with E-state index in [9.17, 15) is 4.79 Å². The van der Waals surface area contributed by atoms with Crippen molar-refractivity contribution in [2.24, 2.45) is 5.73 Å². The van der Waals surface area contributed by atoms with Crippen molar-refractivity contribution in [1.82, 2.24) is 9.97 Å². The minimum Gasteiger partial charge on any atom is -0.382 e. The van der Waals surface area contributed by atoms with Crippen molar-refractivity contribution in [3.63, 3.8) is 0 Å². The Hall–Kier alpha value is -1.85. The van der Waals surface area contributed by atoms with Gasteiger partial charge in [-0.25, -0.2) is 9.97 Å². The number of hydrogen-bond acceptors (Lipinski definition) is 5. The van der Waals surface area contributed by atoms with E-state index in [4.69, 9.17) is 11.5 Å². The molecular formula is C8H13N5O. The molecule has 1 heterocycles. The number of primary amides is 1. The first-order chi connectivity index (χ1) is 6.68. The summed E-state index contributed by atoms with van der Waals surface area (Å²) in [6, 6.07) is 0. The maximum Gasteiger partial charge on any atom is 0.217 e. The molecule has 0 saturated carbocycles. The van der Waals surface area contributed by atoms with E-state index in [0.717, 1.165) is 0 Å². The highest BCUT2D eigenvalue weighted by Gasteiger charge is 1.96. The molecule has 0 radical (unpaired) electrons. The average Bonchev–Trinajstić information content (AvgIpc) is 2.15. The number of rotatable bonds is 5. The lowest BCUT2D eigenvalue weighted by atomic mass is 10.3. The Morgan fingerprint density at radius 3 is 2.79 bits per heavy atom. The molecule has 6 nitrogen and oxygen atoms in total. The molecule has 0 aliphatic carbocycles. The van der Waals surface area contributed by atoms with Crippen molar-refractivity contribution in [3.05, 3.63) is 12.4 Å². The summed E-state index contributed by atoms with van der Waals surface area (Å²) in [7, 11) is 0. The van der Waals surface area contributed by atoms with Crippen LogP contribution in [-0.4, -0.2) is 22.4 Å². The number of nitrogen functional groups attached to an aromatic ring is 1. The van der Waals surface area contributed by atoms with Crippen LogP contribution >= 0.6 is 0 Å². The van der Waals surface area contributed by atoms with Gasteiger partial charge in [-0.15, -0.1) is 0 Å². The Kier molecular flexibility index (Phi) is 3.66. The molecule has 1 aromatic rings. The molecule has 76 valence electrons. The molecule has 5 N–H and O–H groups in total. The Balaban J connectivity index is 2.25. The number of anilines is 2. The lowest BCUT2D eigenvalue weighted by Crippen LogP contribution is -2.13. The first-order valence-corrected chi connectivity index (χ1v) is 4.28. The van der Waals surface area contributed by atoms with Gasteiger partial charge in [0.15, 0.2) is 0 Å². The Morgan fingerprint density at radius 2 is 2.21 bits per heavy atom. The van der Waals surface area contributed by atoms with Crippen molar-refractivity contribution in [2.75, 3.05) is 17.6 Å². The smallest absolute Gasteiger partial charge is 0.217 e. The SMILES string of the molecule is NC(=O)CCCNc1cnc(N)cn1. The molecule has 14 heavy (non-hydrogen) atoms. The fourth-order valence-electron chi connectivity index (χ4n) is 0.908. The Morgan fingerprint density at radius 1 is 1.43 bits per heavy atom. The van der Waals surface area contributed by atoms with E-state index in [1.54, 1.807) is 6.20 Å². The van der Waals surface area contributed by atoms with Crippen molar-refractivity contribution < 1.29 is 4.79 Å². The Bertz CT molecular complexity index is 297. The summed E-state index contributed by atoms with van der Waals surface area (Å²) in [5.41, 5.74) is 10.3. The quantitative estimate of drug-likeness (QED) is 0.561. The number of aromatic nitrogens is 2. The van der Waals surface area contributed by atoms with E-state index in [1.165, 1.54) is 6.20 Å². The third-order valence-corrected chi connectivity index (χ3v) is 1.58. The third-order valence-electron chi connectivity index (χ3n) is 1.58. The molecule has 1 amide bonds. The summed E-state index contributed by atoms with van der Waals surface area (Å²) in [5.74, 6) is 0.728. The van der Waals surface area contributed by atoms with Crippen LogP contribution in [0.4, 0.5) is 11.6 Å². The second-order valence-electron chi connectivity index (χ2n) is 2.82. The molecule has 0 aromatic carbocycles. The van der Waals surface area contributed by atoms with Gasteiger partial charge in [-0.1, -0.05) is 0 Å². The van der Waals surface area contributed by atoms with Crippen LogP contribution < -0.4 is 16.8 Å². The largest absolute Gasteiger partial charge is 0.382 e. The highest BCUT2D eigenvalue weighted by molar-refractivity contribution is 5.73. The van der Waals surface area contributed by atoms with Crippen LogP contribution in [0.2, 0.25) is 0 Å². The molecule has 0 bridgehead atoms. The molecule has 0 unspecified atom stereocenters. The standard InChI is InChI=1S/C8H13N5O/c9-6-4-13-8(5-12-6)11-3-1-2-7(10)14/h4-5H,1-3H2,(H2,9,12)(H2,10,14)(H,11,13). The minimum absolute atomic E-state index is 0.296. The van der Waals surface area contributed by atoms with E-state index < -0.39 is 0 Å². The van der Waals surface area contributed by atoms with E-state index in [1.807, 2.05) is 0 Å². The lowest BCUT2D eigenvalue weighted by Gasteiger charge is -2.03. The van der Waals surface area contributed by atoms with Crippen LogP contribution in [0.5, 0.6) is 0 Å². The molecule has 1 rings (SSSR count). The van der Waals surface area contributed by atoms with Gasteiger partial charge in [0.25, 0.3) is 0 Å². The van der Waals surface area contributed by atoms with E-state index in [-0.39, 0.29) is 5.91 Å². The number of amides is 1. The van der Waals surface area contributed by atoms with Crippen LogP contribution in [0.15, 0.2) is 12.4 Å². The summed E-state index contributed by atoms with van der Waals surface area (Å²) in [6.45, 7) is 0.640. The number of carbonyl (C=O) groups is 1. The van der Waals surface area contributed by atoms with Gasteiger partial charge in [0.2, 0.25) is 5.91 Å². The summed E-state index contributed by atoms with van der Waals surface area (Å²) in [4.78, 5) is 18.2. The summed E-state index contributed by atoms with van der Waals surface area (Å²) >= 11 is 0. The zero-order chi connectivity index (χ0) is 10.4. The molecule has 0 aliphatic heterocycles. The zero-order valence-electron chi connectivity index (χ0n) is 7.73. The highest BCUT2D eigenvalue weighted by Crippen LogP contribution is 2.01. The number of nitrogens with two attached hydrogens (primary N) is 2. The maximum atomic E-state index is 10.4. The van der Waals surface area contributed by atoms with Crippen molar-refractivity contribution >= 4 is 17.5 Å². The Labute approximate surface area is 81.7 Å². The summed E-state index contributed by atoms with van der Waals surface area (Å²) < 4.78 is 0. The zero-order valence-corrected chi connectivity index (χ0v) is 7.73. The fraction of sp³-hybridized carbons (Fsp3) is 0.375. The van der Waals surface area contributed by atoms with Crippen molar-refractivity contribution in [3.8, 4) is 0 Å². The maximum absolute atomic E-state index is 10.4. The summed E-state index contributed by atoms with van der Waals surface area (Å²) in [6.07, 6.45) is 4.06. The molecule has 0 atom stereocenters. The van der Waals surface area contributed by atoms with Crippen molar-refractivity contribution in [1.29, 1.82) is 0 Å². The number of nitrogens with zero attached hydrogens (tertiary/aromatic N) is 2. The molecule has 0 aliphatic rings. The molecular weight excluding hydrogens is 182 g/mol. The molecule has 6 heteroatoms. The predicted octanol–water partition coefficient (Wildman–Crippen LogP) is -0.264. The monoisotopic (exact) mass is 195 g/mol. The van der Waals surface area contributed by atoms with Crippen LogP contribution in [0, 0.1) is 0 Å². The average molecular weight is 195 g/mol. The molecule has 1 aromatic heterocycles. The van der Waals surface area contributed by atoms with E-state index >= 15 is 0 Å². The second kappa shape index (κ2) is 5.00. The van der Waals surface area contributed by atoms with Gasteiger partial charge >= 0.3 is 0 Å². The first-order valence-electron chi connectivity index (χ1n) is 4.28. The van der Waals surface area contributed by atoms with Gasteiger partial charge in [-0.05, 0) is 6.42 Å². The third kappa shape index (κ3) is 3.70. The number of hydrogen-bond donors (Lipinski definition) is 3. The molecule has 0 spiro atoms. The van der Waals surface area contributed by atoms with Gasteiger partial charge < -0.3 is 16.8 Å². The summed E-state index contributed by atoms with van der Waals surface area (Å²) in [5, 5.41) is 2.99. The normalized spacial score (nSPS) is 9.71. The highest BCUT2D eigenvalue weighted by atomic mass is 16.1. The van der Waals surface area contributed by atoms with Gasteiger partial charge in [-0.2, -0.15) is 0 Å². The molecule has 0 saturated heterocycles. The van der Waals surface area contributed by atoms with Crippen LogP contribution in [0.25, 0.3) is 0 Å². The van der Waals surface area contributed by atoms with Gasteiger partial charge in [0.05, 0.1) is 12.4 Å². The number of nitrogens with one attached hydrogen (secondary N) is 1. The van der Waals surface area contributed by atoms with Gasteiger partial charge in [-0.3, -0.25) is 4.79 Å². The molecule has 0 fully saturated rings. The second-order valence-corrected chi connectivity index (χ2v) is 2.82. The number of carbonyl (C=O) groups excluding carboxylic acids is 1. The topological polar surface area (TPSA) is 107 Å². The van der Waals surface area contributed by atoms with E-state index in [0.29, 0.717) is 31.0 Å². The first kappa shape index (κ1) is 10.2. The van der Waals surface area contributed by atoms with Gasteiger partial charge in [0.1, 0.15) is 11.6 Å². The fourth-order valence-corrected chi connectivity index (χ4v) is 0.908. The van der Waals surface area contributed by atoms with Crippen molar-refractivity contribution in [2.45, 2.75) is 12.8 Å². The van der Waals surface area contributed by atoms with Crippen LogP contribution in [0.1, 0.15) is 12.8 Å². The van der Waals surface area contributed by atoms with Crippen LogP contribution in [-0.2, 0) is 4.79 Å². The van der Waals surface area contributed by atoms with Gasteiger partial charge in [0, 0.05) is 13.0 Å². The minimum atomic E-state index is -0.296.